The van der Waals surface area contributed by atoms with Gasteiger partial charge in [-0.05, 0) is 66.9 Å². The number of hydrogen-bond donors (Lipinski definition) is 0. The lowest BCUT2D eigenvalue weighted by atomic mass is 10.2. The number of halogens is 1. The van der Waals surface area contributed by atoms with E-state index in [-0.39, 0.29) is 29.4 Å². The van der Waals surface area contributed by atoms with Crippen LogP contribution in [-0.4, -0.2) is 37.2 Å². The van der Waals surface area contributed by atoms with E-state index in [1.165, 1.54) is 23.5 Å². The molecule has 0 saturated carbocycles. The summed E-state index contributed by atoms with van der Waals surface area (Å²) < 4.78 is 31.8. The molecule has 0 aliphatic carbocycles. The summed E-state index contributed by atoms with van der Waals surface area (Å²) in [7, 11) is -1.94. The van der Waals surface area contributed by atoms with Crippen molar-refractivity contribution in [2.45, 2.75) is 31.2 Å². The second-order valence-corrected chi connectivity index (χ2v) is 11.5. The van der Waals surface area contributed by atoms with Gasteiger partial charge in [0.05, 0.1) is 29.0 Å². The topological polar surface area (TPSA) is 89.5 Å². The minimum Gasteiger partial charge on any atom is -0.494 e. The lowest BCUT2D eigenvalue weighted by Crippen LogP contribution is -2.30. The van der Waals surface area contributed by atoms with Gasteiger partial charge in [0.2, 0.25) is 5.91 Å². The molecule has 2 aromatic heterocycles. The van der Waals surface area contributed by atoms with Gasteiger partial charge >= 0.3 is 0 Å². The molecule has 4 rings (SSSR count). The lowest BCUT2D eigenvalue weighted by Gasteiger charge is -2.20. The number of carbonyl (C=O) groups is 1. The lowest BCUT2D eigenvalue weighted by molar-refractivity contribution is -0.118. The Hall–Kier alpha value is -3.01. The number of methoxy groups -OCH3 is 1. The van der Waals surface area contributed by atoms with E-state index in [4.69, 9.17) is 21.3 Å². The second-order valence-electron chi connectivity index (χ2n) is 7.97. The predicted molar refractivity (Wildman–Crippen MR) is 139 cm³/mol. The number of sulfone groups is 1. The zero-order valence-corrected chi connectivity index (χ0v) is 21.7. The molecule has 2 aromatic carbocycles. The van der Waals surface area contributed by atoms with E-state index in [0.717, 1.165) is 15.8 Å². The summed E-state index contributed by atoms with van der Waals surface area (Å²) in [6.45, 7) is 2.28. The SMILES string of the molecule is COc1ccc(C)c2sc(N(Cc3ccncc3)C(=O)CCCS(=O)(=O)c3ccc(Cl)cc3)nc12. The minimum atomic E-state index is -3.52. The van der Waals surface area contributed by atoms with Gasteiger partial charge in [0.1, 0.15) is 11.3 Å². The Bertz CT molecular complexity index is 1440. The molecule has 1 amide bonds. The van der Waals surface area contributed by atoms with E-state index in [0.29, 0.717) is 28.0 Å². The van der Waals surface area contributed by atoms with Crippen molar-refractivity contribution in [2.24, 2.45) is 0 Å². The van der Waals surface area contributed by atoms with Crippen molar-refractivity contribution in [2.75, 3.05) is 17.8 Å². The number of aromatic nitrogens is 2. The van der Waals surface area contributed by atoms with Crippen molar-refractivity contribution < 1.29 is 17.9 Å². The quantitative estimate of drug-likeness (QED) is 0.286. The molecule has 0 saturated heterocycles. The van der Waals surface area contributed by atoms with Crippen molar-refractivity contribution in [3.63, 3.8) is 0 Å². The third kappa shape index (κ3) is 5.80. The Morgan fingerprint density at radius 2 is 1.80 bits per heavy atom. The summed E-state index contributed by atoms with van der Waals surface area (Å²) in [4.78, 5) is 23.9. The van der Waals surface area contributed by atoms with Crippen molar-refractivity contribution >= 4 is 54.0 Å². The van der Waals surface area contributed by atoms with Crippen LogP contribution in [-0.2, 0) is 21.2 Å². The van der Waals surface area contributed by atoms with Gasteiger partial charge in [0.25, 0.3) is 0 Å². The second kappa shape index (κ2) is 10.7. The first-order valence-electron chi connectivity index (χ1n) is 10.9. The fourth-order valence-electron chi connectivity index (χ4n) is 3.62. The van der Waals surface area contributed by atoms with Gasteiger partial charge in [0, 0.05) is 23.8 Å². The van der Waals surface area contributed by atoms with Crippen molar-refractivity contribution in [3.8, 4) is 5.75 Å². The van der Waals surface area contributed by atoms with Crippen LogP contribution >= 0.6 is 22.9 Å². The van der Waals surface area contributed by atoms with Crippen LogP contribution in [0.15, 0.2) is 65.8 Å². The number of carbonyl (C=O) groups excluding carboxylic acids is 1. The molecule has 0 N–H and O–H groups in total. The zero-order chi connectivity index (χ0) is 25.0. The molecule has 7 nitrogen and oxygen atoms in total. The molecular weight excluding hydrogens is 506 g/mol. The van der Waals surface area contributed by atoms with Crippen molar-refractivity contribution in [3.05, 3.63) is 77.1 Å². The molecule has 35 heavy (non-hydrogen) atoms. The summed E-state index contributed by atoms with van der Waals surface area (Å²) >= 11 is 7.28. The Kier molecular flexibility index (Phi) is 7.69. The van der Waals surface area contributed by atoms with Crippen LogP contribution in [0.2, 0.25) is 5.02 Å². The monoisotopic (exact) mass is 529 g/mol. The third-order valence-electron chi connectivity index (χ3n) is 5.51. The number of hydrogen-bond acceptors (Lipinski definition) is 7. The fourth-order valence-corrected chi connectivity index (χ4v) is 6.12. The van der Waals surface area contributed by atoms with E-state index in [2.05, 4.69) is 4.98 Å². The first-order valence-corrected chi connectivity index (χ1v) is 13.7. The molecule has 0 spiro atoms. The van der Waals surface area contributed by atoms with Crippen LogP contribution in [0.4, 0.5) is 5.13 Å². The van der Waals surface area contributed by atoms with Crippen LogP contribution in [0, 0.1) is 6.92 Å². The van der Waals surface area contributed by atoms with E-state index < -0.39 is 9.84 Å². The van der Waals surface area contributed by atoms with E-state index >= 15 is 0 Å². The maximum Gasteiger partial charge on any atom is 0.229 e. The van der Waals surface area contributed by atoms with Gasteiger partial charge < -0.3 is 4.74 Å². The number of pyridine rings is 1. The van der Waals surface area contributed by atoms with Gasteiger partial charge in [-0.15, -0.1) is 0 Å². The van der Waals surface area contributed by atoms with Gasteiger partial charge in [0.15, 0.2) is 15.0 Å². The van der Waals surface area contributed by atoms with Gasteiger partial charge in [-0.2, -0.15) is 0 Å². The largest absolute Gasteiger partial charge is 0.494 e. The molecular formula is C25H24ClN3O4S2. The van der Waals surface area contributed by atoms with Crippen LogP contribution in [0.25, 0.3) is 10.2 Å². The number of nitrogens with zero attached hydrogens (tertiary/aromatic N) is 3. The molecule has 0 bridgehead atoms. The maximum absolute atomic E-state index is 13.4. The van der Waals surface area contributed by atoms with Crippen LogP contribution in [0.5, 0.6) is 5.75 Å². The number of thiazole rings is 1. The molecule has 0 fully saturated rings. The number of anilines is 1. The van der Waals surface area contributed by atoms with Crippen LogP contribution < -0.4 is 9.64 Å². The highest BCUT2D eigenvalue weighted by Gasteiger charge is 2.23. The maximum atomic E-state index is 13.4. The summed E-state index contributed by atoms with van der Waals surface area (Å²) in [5.74, 6) is 0.290. The smallest absolute Gasteiger partial charge is 0.229 e. The fraction of sp³-hybridized carbons (Fsp3) is 0.240. The highest BCUT2D eigenvalue weighted by Crippen LogP contribution is 2.37. The first-order chi connectivity index (χ1) is 16.8. The Labute approximate surface area is 213 Å². The number of amides is 1. The standard InChI is InChI=1S/C25H24ClN3O4S2/c1-17-5-10-21(33-2)23-24(17)34-25(28-23)29(16-18-11-13-27-14-12-18)22(30)4-3-15-35(31,32)20-8-6-19(26)7-9-20/h5-14H,3-4,15-16H2,1-2H3. The molecule has 0 atom stereocenters. The van der Waals surface area contributed by atoms with E-state index in [9.17, 15) is 13.2 Å². The number of aryl methyl sites for hydroxylation is 1. The van der Waals surface area contributed by atoms with Crippen molar-refractivity contribution in [1.29, 1.82) is 0 Å². The Balaban J connectivity index is 1.57. The first kappa shape index (κ1) is 25.1. The highest BCUT2D eigenvalue weighted by molar-refractivity contribution is 7.91. The number of fused-ring (bicyclic) bond motifs is 1. The normalized spacial score (nSPS) is 11.5. The highest BCUT2D eigenvalue weighted by atomic mass is 35.5. The molecule has 0 radical (unpaired) electrons. The van der Waals surface area contributed by atoms with Gasteiger partial charge in [-0.25, -0.2) is 13.4 Å². The van der Waals surface area contributed by atoms with Crippen LogP contribution in [0.1, 0.15) is 24.0 Å². The van der Waals surface area contributed by atoms with Crippen molar-refractivity contribution in [1.82, 2.24) is 9.97 Å². The number of benzene rings is 2. The summed E-state index contributed by atoms with van der Waals surface area (Å²) in [5, 5.41) is 1.00. The summed E-state index contributed by atoms with van der Waals surface area (Å²) in [6.07, 6.45) is 3.58. The average molecular weight is 530 g/mol. The molecule has 0 aliphatic heterocycles. The number of rotatable bonds is 9. The molecule has 10 heteroatoms. The molecule has 4 aromatic rings. The van der Waals surface area contributed by atoms with E-state index in [1.807, 2.05) is 31.2 Å². The Morgan fingerprint density at radius 1 is 1.09 bits per heavy atom. The van der Waals surface area contributed by atoms with E-state index in [1.54, 1.807) is 36.5 Å². The molecule has 2 heterocycles. The predicted octanol–water partition coefficient (Wildman–Crippen LogP) is 5.45. The molecule has 0 unspecified atom stereocenters. The van der Waals surface area contributed by atoms with Gasteiger partial charge in [-0.1, -0.05) is 29.0 Å². The van der Waals surface area contributed by atoms with Crippen LogP contribution in [0.3, 0.4) is 0 Å². The molecule has 0 aliphatic rings. The third-order valence-corrected chi connectivity index (χ3v) is 8.79. The number of ether oxygens (including phenoxy) is 1. The molecule has 182 valence electrons. The summed E-state index contributed by atoms with van der Waals surface area (Å²) in [5.41, 5.74) is 2.63. The van der Waals surface area contributed by atoms with Gasteiger partial charge in [-0.3, -0.25) is 14.7 Å². The Morgan fingerprint density at radius 3 is 2.49 bits per heavy atom. The summed E-state index contributed by atoms with van der Waals surface area (Å²) in [6, 6.07) is 13.5. The zero-order valence-electron chi connectivity index (χ0n) is 19.3. The average Bonchev–Trinajstić information content (AvgIpc) is 3.30. The minimum absolute atomic E-state index is 0.0595.